The maximum absolute atomic E-state index is 14.9. The van der Waals surface area contributed by atoms with E-state index in [1.807, 2.05) is 61.2 Å². The predicted octanol–water partition coefficient (Wildman–Crippen LogP) is 6.36. The number of hydrogen-bond acceptors (Lipinski definition) is 7. The highest BCUT2D eigenvalue weighted by Crippen LogP contribution is 2.62. The molecule has 4 atom stereocenters. The first kappa shape index (κ1) is 28.2. The van der Waals surface area contributed by atoms with E-state index in [9.17, 15) is 24.5 Å². The van der Waals surface area contributed by atoms with Crippen molar-refractivity contribution in [2.24, 2.45) is 5.92 Å². The minimum atomic E-state index is -1.53. The Balaban J connectivity index is 1.48. The Kier molecular flexibility index (Phi) is 6.62. The van der Waals surface area contributed by atoms with Gasteiger partial charge in [-0.1, -0.05) is 54.6 Å². The van der Waals surface area contributed by atoms with Crippen LogP contribution in [0.2, 0.25) is 0 Å². The molecule has 45 heavy (non-hydrogen) atoms. The minimum absolute atomic E-state index is 0.0568. The van der Waals surface area contributed by atoms with Gasteiger partial charge in [-0.05, 0) is 66.9 Å². The van der Waals surface area contributed by atoms with Gasteiger partial charge in [0.1, 0.15) is 17.2 Å². The van der Waals surface area contributed by atoms with E-state index in [4.69, 9.17) is 4.74 Å². The standard InChI is InChI=1S/C36H29N3O6/c1-21(2)45-26-16-14-23(15-17-26)33(41)31-30(32(40)24-9-7-10-25(20-24)39(43)44)36(28-12-5-6-13-29(28)37-35(36)42)34-27-11-4-3-8-22(27)18-19-38(31)34/h3-21,30-31,34H,1-2H3,(H,37,42). The van der Waals surface area contributed by atoms with Gasteiger partial charge in [0.25, 0.3) is 5.69 Å². The van der Waals surface area contributed by atoms with Crippen molar-refractivity contribution >= 4 is 34.9 Å². The number of nitrogens with zero attached hydrogens (tertiary/aromatic N) is 2. The molecule has 9 nitrogen and oxygen atoms in total. The number of ether oxygens (including phenoxy) is 1. The zero-order chi connectivity index (χ0) is 31.5. The monoisotopic (exact) mass is 599 g/mol. The lowest BCUT2D eigenvalue weighted by Gasteiger charge is -2.38. The number of benzene rings is 4. The summed E-state index contributed by atoms with van der Waals surface area (Å²) < 4.78 is 5.78. The molecule has 1 spiro atoms. The summed E-state index contributed by atoms with van der Waals surface area (Å²) in [6.45, 7) is 3.82. The fraction of sp³-hybridized carbons (Fsp3) is 0.194. The zero-order valence-electron chi connectivity index (χ0n) is 24.5. The van der Waals surface area contributed by atoms with Crippen molar-refractivity contribution in [3.8, 4) is 5.75 Å². The molecule has 4 aromatic carbocycles. The van der Waals surface area contributed by atoms with Crippen molar-refractivity contribution in [3.63, 3.8) is 0 Å². The Hall–Kier alpha value is -5.57. The molecule has 0 saturated carbocycles. The maximum atomic E-state index is 14.9. The molecule has 4 unspecified atom stereocenters. The lowest BCUT2D eigenvalue weighted by Crippen LogP contribution is -2.49. The number of rotatable bonds is 7. The maximum Gasteiger partial charge on any atom is 0.270 e. The second kappa shape index (κ2) is 10.6. The van der Waals surface area contributed by atoms with E-state index in [1.54, 1.807) is 42.6 Å². The van der Waals surface area contributed by atoms with Gasteiger partial charge in [0, 0.05) is 35.1 Å². The van der Waals surface area contributed by atoms with Crippen LogP contribution >= 0.6 is 0 Å². The number of nitrogens with one attached hydrogen (secondary N) is 1. The molecule has 3 heterocycles. The number of Topliss-reactive ketones (excluding diaryl/α,β-unsaturated/α-hetero) is 2. The summed E-state index contributed by atoms with van der Waals surface area (Å²) in [5.74, 6) is -1.91. The molecule has 1 saturated heterocycles. The van der Waals surface area contributed by atoms with Gasteiger partial charge in [-0.15, -0.1) is 0 Å². The van der Waals surface area contributed by atoms with E-state index in [-0.39, 0.29) is 23.1 Å². The fourth-order valence-corrected chi connectivity index (χ4v) is 7.26. The van der Waals surface area contributed by atoms with Crippen molar-refractivity contribution in [1.29, 1.82) is 0 Å². The summed E-state index contributed by atoms with van der Waals surface area (Å²) in [5.41, 5.74) is 1.48. The first-order chi connectivity index (χ1) is 21.7. The number of fused-ring (bicyclic) bond motifs is 6. The van der Waals surface area contributed by atoms with Gasteiger partial charge < -0.3 is 15.0 Å². The number of non-ortho nitro benzene ring substituents is 1. The molecule has 224 valence electrons. The molecule has 7 rings (SSSR count). The highest BCUT2D eigenvalue weighted by atomic mass is 16.6. The number of nitro benzene ring substituents is 1. The third kappa shape index (κ3) is 4.26. The van der Waals surface area contributed by atoms with Gasteiger partial charge in [-0.25, -0.2) is 0 Å². The SMILES string of the molecule is CC(C)Oc1ccc(C(=O)C2C(C(=O)c3cccc([N+](=O)[O-])c3)C3(C(=O)Nc4ccccc43)C3c4ccccc4C=CN23)cc1. The Morgan fingerprint density at radius 1 is 0.911 bits per heavy atom. The van der Waals surface area contributed by atoms with Crippen LogP contribution in [0, 0.1) is 16.0 Å². The molecule has 0 radical (unpaired) electrons. The first-order valence-electron chi connectivity index (χ1n) is 14.8. The highest BCUT2D eigenvalue weighted by molar-refractivity contribution is 6.16. The van der Waals surface area contributed by atoms with Crippen LogP contribution in [0.3, 0.4) is 0 Å². The molecular weight excluding hydrogens is 570 g/mol. The third-order valence-electron chi connectivity index (χ3n) is 8.97. The highest BCUT2D eigenvalue weighted by Gasteiger charge is 2.70. The largest absolute Gasteiger partial charge is 0.491 e. The lowest BCUT2D eigenvalue weighted by molar-refractivity contribution is -0.384. The summed E-state index contributed by atoms with van der Waals surface area (Å²) in [4.78, 5) is 57.1. The number of nitro groups is 1. The number of hydrogen-bond donors (Lipinski definition) is 1. The lowest BCUT2D eigenvalue weighted by atomic mass is 9.62. The van der Waals surface area contributed by atoms with E-state index >= 15 is 0 Å². The van der Waals surface area contributed by atoms with Gasteiger partial charge >= 0.3 is 0 Å². The van der Waals surface area contributed by atoms with Crippen molar-refractivity contribution in [2.45, 2.75) is 37.5 Å². The molecule has 1 fully saturated rings. The summed E-state index contributed by atoms with van der Waals surface area (Å²) in [5, 5.41) is 14.7. The summed E-state index contributed by atoms with van der Waals surface area (Å²) in [7, 11) is 0. The smallest absolute Gasteiger partial charge is 0.270 e. The molecule has 0 bridgehead atoms. The van der Waals surface area contributed by atoms with Crippen LogP contribution in [0.1, 0.15) is 57.3 Å². The molecular formula is C36H29N3O6. The second-order valence-corrected chi connectivity index (χ2v) is 11.8. The first-order valence-corrected chi connectivity index (χ1v) is 14.8. The van der Waals surface area contributed by atoms with Gasteiger partial charge in [-0.3, -0.25) is 24.5 Å². The number of ketones is 2. The Labute approximate surface area is 259 Å². The van der Waals surface area contributed by atoms with Crippen LogP contribution in [0.25, 0.3) is 6.08 Å². The Morgan fingerprint density at radius 2 is 1.64 bits per heavy atom. The van der Waals surface area contributed by atoms with Crippen LogP contribution in [-0.4, -0.2) is 39.4 Å². The number of carbonyl (C=O) groups is 3. The van der Waals surface area contributed by atoms with Crippen LogP contribution in [0.4, 0.5) is 11.4 Å². The van der Waals surface area contributed by atoms with Crippen molar-refractivity contribution in [2.75, 3.05) is 5.32 Å². The van der Waals surface area contributed by atoms with Crippen LogP contribution in [0.15, 0.2) is 103 Å². The molecule has 0 aliphatic carbocycles. The number of anilines is 1. The van der Waals surface area contributed by atoms with E-state index in [2.05, 4.69) is 5.32 Å². The van der Waals surface area contributed by atoms with E-state index in [0.717, 1.165) is 11.1 Å². The Bertz CT molecular complexity index is 1920. The molecule has 9 heteroatoms. The fourth-order valence-electron chi connectivity index (χ4n) is 7.26. The van der Waals surface area contributed by atoms with Crippen LogP contribution in [-0.2, 0) is 10.2 Å². The molecule has 3 aliphatic heterocycles. The molecule has 0 aromatic heterocycles. The zero-order valence-corrected chi connectivity index (χ0v) is 24.5. The topological polar surface area (TPSA) is 119 Å². The van der Waals surface area contributed by atoms with Crippen molar-refractivity contribution in [3.05, 3.63) is 141 Å². The predicted molar refractivity (Wildman–Crippen MR) is 168 cm³/mol. The van der Waals surface area contributed by atoms with E-state index < -0.39 is 40.0 Å². The number of carbonyl (C=O) groups excluding carboxylic acids is 3. The summed E-state index contributed by atoms with van der Waals surface area (Å²) >= 11 is 0. The number of amides is 1. The molecule has 1 amide bonds. The average molecular weight is 600 g/mol. The quantitative estimate of drug-likeness (QED) is 0.149. The normalized spacial score (nSPS) is 22.5. The third-order valence-corrected chi connectivity index (χ3v) is 8.97. The summed E-state index contributed by atoms with van der Waals surface area (Å²) in [6, 6.07) is 25.3. The van der Waals surface area contributed by atoms with Gasteiger partial charge in [0.2, 0.25) is 5.91 Å². The van der Waals surface area contributed by atoms with Gasteiger partial charge in [-0.2, -0.15) is 0 Å². The molecule has 4 aromatic rings. The van der Waals surface area contributed by atoms with Gasteiger partial charge in [0.05, 0.1) is 23.0 Å². The van der Waals surface area contributed by atoms with E-state index in [0.29, 0.717) is 22.6 Å². The van der Waals surface area contributed by atoms with Gasteiger partial charge in [0.15, 0.2) is 11.6 Å². The van der Waals surface area contributed by atoms with Crippen LogP contribution < -0.4 is 10.1 Å². The average Bonchev–Trinajstić information content (AvgIpc) is 3.52. The molecule has 3 aliphatic rings. The van der Waals surface area contributed by atoms with Crippen molar-refractivity contribution in [1.82, 2.24) is 4.90 Å². The summed E-state index contributed by atoms with van der Waals surface area (Å²) in [6.07, 6.45) is 3.62. The molecule has 1 N–H and O–H groups in total. The minimum Gasteiger partial charge on any atom is -0.491 e. The van der Waals surface area contributed by atoms with E-state index in [1.165, 1.54) is 24.3 Å². The van der Waals surface area contributed by atoms with Crippen LogP contribution in [0.5, 0.6) is 5.75 Å². The number of para-hydroxylation sites is 1. The van der Waals surface area contributed by atoms with Crippen molar-refractivity contribution < 1.29 is 24.0 Å². The Morgan fingerprint density at radius 3 is 2.40 bits per heavy atom. The second-order valence-electron chi connectivity index (χ2n) is 11.8.